The van der Waals surface area contributed by atoms with Crippen LogP contribution in [0.15, 0.2) is 34.4 Å². The average Bonchev–Trinajstić information content (AvgIpc) is 3.28. The molecule has 0 aliphatic carbocycles. The van der Waals surface area contributed by atoms with Crippen LogP contribution >= 0.6 is 11.3 Å². The summed E-state index contributed by atoms with van der Waals surface area (Å²) in [6.07, 6.45) is 0.600. The van der Waals surface area contributed by atoms with E-state index in [1.54, 1.807) is 4.57 Å². The molecule has 0 fully saturated rings. The maximum atomic E-state index is 13.2. The Balaban J connectivity index is 2.09. The Morgan fingerprint density at radius 2 is 1.80 bits per heavy atom. The van der Waals surface area contributed by atoms with Gasteiger partial charge in [0.15, 0.2) is 11.5 Å². The normalized spacial score (nSPS) is 11.7. The van der Waals surface area contributed by atoms with E-state index >= 15 is 0 Å². The van der Waals surface area contributed by atoms with Gasteiger partial charge in [-0.15, -0.1) is 11.3 Å². The topological polar surface area (TPSA) is 88.0 Å². The van der Waals surface area contributed by atoms with Gasteiger partial charge >= 0.3 is 0 Å². The average molecular weight is 417 g/mol. The molecule has 0 atom stereocenters. The van der Waals surface area contributed by atoms with Crippen LogP contribution < -0.4 is 15.0 Å². The standard InChI is InChI=1S/C23H19N3O3S/c1-3-28-18-10-14-7-8-26-22(15(14)11-19(18)29-4-2)16(12-24)21(17(13-25)23(26)27)20-6-5-9-30-20/h5-6,9-11H,3-4,7-8H2,1-2H3. The van der Waals surface area contributed by atoms with E-state index in [2.05, 4.69) is 6.07 Å². The van der Waals surface area contributed by atoms with Gasteiger partial charge in [-0.25, -0.2) is 0 Å². The number of rotatable bonds is 5. The second kappa shape index (κ2) is 8.06. The highest BCUT2D eigenvalue weighted by molar-refractivity contribution is 7.13. The summed E-state index contributed by atoms with van der Waals surface area (Å²) in [5.74, 6) is 1.23. The van der Waals surface area contributed by atoms with Crippen molar-refractivity contribution in [2.75, 3.05) is 13.2 Å². The molecule has 7 heteroatoms. The molecule has 0 saturated carbocycles. The van der Waals surface area contributed by atoms with Crippen LogP contribution in [0, 0.1) is 22.7 Å². The number of fused-ring (bicyclic) bond motifs is 3. The van der Waals surface area contributed by atoms with Crippen LogP contribution in [0.5, 0.6) is 11.5 Å². The molecule has 1 aromatic carbocycles. The third-order valence-corrected chi connectivity index (χ3v) is 5.97. The van der Waals surface area contributed by atoms with E-state index in [9.17, 15) is 15.3 Å². The summed E-state index contributed by atoms with van der Waals surface area (Å²) in [5, 5.41) is 21.7. The molecule has 0 bridgehead atoms. The molecule has 0 spiro atoms. The molecule has 4 rings (SSSR count). The van der Waals surface area contributed by atoms with Crippen molar-refractivity contribution in [3.63, 3.8) is 0 Å². The highest BCUT2D eigenvalue weighted by Gasteiger charge is 2.29. The molecule has 30 heavy (non-hydrogen) atoms. The second-order valence-corrected chi connectivity index (χ2v) is 7.65. The van der Waals surface area contributed by atoms with Gasteiger partial charge in [0.25, 0.3) is 5.56 Å². The van der Waals surface area contributed by atoms with Gasteiger partial charge < -0.3 is 14.0 Å². The Morgan fingerprint density at radius 3 is 2.40 bits per heavy atom. The summed E-state index contributed by atoms with van der Waals surface area (Å²) in [6.45, 7) is 5.17. The van der Waals surface area contributed by atoms with Crippen molar-refractivity contribution in [2.24, 2.45) is 0 Å². The first-order chi connectivity index (χ1) is 14.6. The maximum Gasteiger partial charge on any atom is 0.269 e. The molecule has 0 amide bonds. The van der Waals surface area contributed by atoms with Crippen LogP contribution in [0.4, 0.5) is 0 Å². The van der Waals surface area contributed by atoms with E-state index in [1.165, 1.54) is 11.3 Å². The summed E-state index contributed by atoms with van der Waals surface area (Å²) in [7, 11) is 0. The fourth-order valence-corrected chi connectivity index (χ4v) is 4.68. The van der Waals surface area contributed by atoms with E-state index in [0.29, 0.717) is 54.5 Å². The quantitative estimate of drug-likeness (QED) is 0.616. The first-order valence-electron chi connectivity index (χ1n) is 9.72. The van der Waals surface area contributed by atoms with Crippen LogP contribution in [0.2, 0.25) is 0 Å². The number of pyridine rings is 1. The number of benzene rings is 1. The molecular weight excluding hydrogens is 398 g/mol. The third-order valence-electron chi connectivity index (χ3n) is 5.09. The molecular formula is C23H19N3O3S. The molecule has 150 valence electrons. The second-order valence-electron chi connectivity index (χ2n) is 6.70. The lowest BCUT2D eigenvalue weighted by atomic mass is 9.90. The van der Waals surface area contributed by atoms with Crippen molar-refractivity contribution in [1.82, 2.24) is 4.57 Å². The zero-order chi connectivity index (χ0) is 21.3. The largest absolute Gasteiger partial charge is 0.490 e. The molecule has 6 nitrogen and oxygen atoms in total. The molecule has 3 aromatic rings. The van der Waals surface area contributed by atoms with Crippen LogP contribution in [-0.4, -0.2) is 17.8 Å². The Hall–Kier alpha value is -3.55. The molecule has 3 heterocycles. The fourth-order valence-electron chi connectivity index (χ4n) is 3.89. The van der Waals surface area contributed by atoms with E-state index in [1.807, 2.05) is 49.6 Å². The first-order valence-corrected chi connectivity index (χ1v) is 10.6. The van der Waals surface area contributed by atoms with E-state index < -0.39 is 0 Å². The summed E-state index contributed by atoms with van der Waals surface area (Å²) in [6, 6.07) is 11.8. The Morgan fingerprint density at radius 1 is 1.10 bits per heavy atom. The van der Waals surface area contributed by atoms with Gasteiger partial charge in [-0.2, -0.15) is 10.5 Å². The molecule has 1 aliphatic rings. The minimum absolute atomic E-state index is 0.0113. The highest BCUT2D eigenvalue weighted by atomic mass is 32.1. The number of ether oxygens (including phenoxy) is 2. The molecule has 2 aromatic heterocycles. The van der Waals surface area contributed by atoms with Crippen LogP contribution in [-0.2, 0) is 13.0 Å². The Labute approximate surface area is 178 Å². The van der Waals surface area contributed by atoms with E-state index in [-0.39, 0.29) is 11.1 Å². The van der Waals surface area contributed by atoms with E-state index in [0.717, 1.165) is 16.0 Å². The van der Waals surface area contributed by atoms with Crippen molar-refractivity contribution >= 4 is 11.3 Å². The lowest BCUT2D eigenvalue weighted by Gasteiger charge is -2.26. The smallest absolute Gasteiger partial charge is 0.269 e. The predicted molar refractivity (Wildman–Crippen MR) is 115 cm³/mol. The van der Waals surface area contributed by atoms with Gasteiger partial charge in [0.1, 0.15) is 17.7 Å². The zero-order valence-corrected chi connectivity index (χ0v) is 17.5. The Bertz CT molecular complexity index is 1260. The minimum Gasteiger partial charge on any atom is -0.490 e. The number of nitrogens with zero attached hydrogens (tertiary/aromatic N) is 3. The van der Waals surface area contributed by atoms with Gasteiger partial charge in [-0.05, 0) is 49.4 Å². The Kier molecular flexibility index (Phi) is 5.31. The van der Waals surface area contributed by atoms with Crippen LogP contribution in [0.25, 0.3) is 21.7 Å². The molecule has 0 unspecified atom stereocenters. The van der Waals surface area contributed by atoms with Gasteiger partial charge in [0.05, 0.1) is 24.5 Å². The summed E-state index contributed by atoms with van der Waals surface area (Å²) in [5.41, 5.74) is 2.68. The van der Waals surface area contributed by atoms with Crippen molar-refractivity contribution in [3.8, 4) is 45.3 Å². The van der Waals surface area contributed by atoms with Gasteiger partial charge in [-0.3, -0.25) is 4.79 Å². The van der Waals surface area contributed by atoms with Crippen LogP contribution in [0.3, 0.4) is 0 Å². The van der Waals surface area contributed by atoms with Gasteiger partial charge in [0, 0.05) is 22.5 Å². The number of nitriles is 2. The summed E-state index contributed by atoms with van der Waals surface area (Å²) < 4.78 is 13.1. The number of hydrogen-bond donors (Lipinski definition) is 0. The lowest BCUT2D eigenvalue weighted by Crippen LogP contribution is -2.30. The highest BCUT2D eigenvalue weighted by Crippen LogP contribution is 2.42. The fraction of sp³-hybridized carbons (Fsp3) is 0.261. The van der Waals surface area contributed by atoms with E-state index in [4.69, 9.17) is 9.47 Å². The first kappa shape index (κ1) is 19.8. The van der Waals surface area contributed by atoms with Crippen molar-refractivity contribution in [3.05, 3.63) is 56.7 Å². The number of hydrogen-bond acceptors (Lipinski definition) is 6. The van der Waals surface area contributed by atoms with Crippen molar-refractivity contribution in [2.45, 2.75) is 26.8 Å². The maximum absolute atomic E-state index is 13.2. The number of aryl methyl sites for hydroxylation is 1. The molecule has 1 aliphatic heterocycles. The molecule has 0 radical (unpaired) electrons. The van der Waals surface area contributed by atoms with Crippen molar-refractivity contribution in [1.29, 1.82) is 10.5 Å². The molecule has 0 saturated heterocycles. The zero-order valence-electron chi connectivity index (χ0n) is 16.7. The monoisotopic (exact) mass is 417 g/mol. The van der Waals surface area contributed by atoms with Crippen molar-refractivity contribution < 1.29 is 9.47 Å². The van der Waals surface area contributed by atoms with Gasteiger partial charge in [-0.1, -0.05) is 6.07 Å². The molecule has 0 N–H and O–H groups in total. The third kappa shape index (κ3) is 3.04. The predicted octanol–water partition coefficient (Wildman–Crippen LogP) is 4.34. The summed E-state index contributed by atoms with van der Waals surface area (Å²) >= 11 is 1.40. The minimum atomic E-state index is -0.368. The lowest BCUT2D eigenvalue weighted by molar-refractivity contribution is 0.287. The number of aromatic nitrogens is 1. The van der Waals surface area contributed by atoms with Gasteiger partial charge in [0.2, 0.25) is 0 Å². The van der Waals surface area contributed by atoms with Crippen LogP contribution in [0.1, 0.15) is 30.5 Å². The summed E-state index contributed by atoms with van der Waals surface area (Å²) in [4.78, 5) is 13.9. The number of thiophene rings is 1. The SMILES string of the molecule is CCOc1cc2c(cc1OCC)-c1c(C#N)c(-c3cccs3)c(C#N)c(=O)n1CC2.